The molecule has 2 aromatic rings. The van der Waals surface area contributed by atoms with Gasteiger partial charge in [-0.3, -0.25) is 4.99 Å². The zero-order valence-corrected chi connectivity index (χ0v) is 20.3. The van der Waals surface area contributed by atoms with Gasteiger partial charge >= 0.3 is 0 Å². The van der Waals surface area contributed by atoms with Gasteiger partial charge in [0.2, 0.25) is 0 Å². The molecule has 7 heteroatoms. The molecule has 164 valence electrons. The van der Waals surface area contributed by atoms with Gasteiger partial charge in [0.1, 0.15) is 5.82 Å². The summed E-state index contributed by atoms with van der Waals surface area (Å²) in [5, 5.41) is 7.14. The van der Waals surface area contributed by atoms with Crippen molar-refractivity contribution in [2.45, 2.75) is 64.3 Å². The minimum absolute atomic E-state index is 0. The Morgan fingerprint density at radius 2 is 2.03 bits per heavy atom. The number of rotatable bonds is 7. The van der Waals surface area contributed by atoms with E-state index in [0.29, 0.717) is 24.1 Å². The molecule has 2 N–H and O–H groups in total. The molecule has 0 aliphatic heterocycles. The standard InChI is InChI=1S/C23H33N5O.HI/c1-3-29-20-15-19(23(20)11-7-8-12-23)27-22(24-2)26-16-21-25-13-14-28(21)17-18-9-5-4-6-10-18;/h4-6,9-10,13-14,19-20H,3,7-8,11-12,15-17H2,1-2H3,(H2,24,26,27);1H. The molecule has 1 heterocycles. The lowest BCUT2D eigenvalue weighted by Gasteiger charge is -2.54. The van der Waals surface area contributed by atoms with E-state index in [1.54, 1.807) is 0 Å². The van der Waals surface area contributed by atoms with Crippen molar-refractivity contribution in [3.05, 3.63) is 54.1 Å². The van der Waals surface area contributed by atoms with Crippen LogP contribution in [0.1, 0.15) is 50.4 Å². The van der Waals surface area contributed by atoms with Crippen LogP contribution in [0.3, 0.4) is 0 Å². The molecule has 2 saturated carbocycles. The van der Waals surface area contributed by atoms with Gasteiger partial charge in [-0.1, -0.05) is 43.2 Å². The van der Waals surface area contributed by atoms with E-state index in [-0.39, 0.29) is 24.0 Å². The topological polar surface area (TPSA) is 63.5 Å². The van der Waals surface area contributed by atoms with Crippen molar-refractivity contribution in [1.29, 1.82) is 0 Å². The Hall–Kier alpha value is -1.61. The molecular weight excluding hydrogens is 489 g/mol. The zero-order valence-electron chi connectivity index (χ0n) is 18.0. The second kappa shape index (κ2) is 10.6. The van der Waals surface area contributed by atoms with Crippen LogP contribution < -0.4 is 10.6 Å². The third-order valence-electron chi connectivity index (χ3n) is 6.63. The fraction of sp³-hybridized carbons (Fsp3) is 0.565. The molecule has 0 radical (unpaired) electrons. The Labute approximate surface area is 196 Å². The smallest absolute Gasteiger partial charge is 0.191 e. The number of aromatic nitrogens is 2. The van der Waals surface area contributed by atoms with Crippen LogP contribution in [0.25, 0.3) is 0 Å². The monoisotopic (exact) mass is 523 g/mol. The molecule has 1 aromatic carbocycles. The van der Waals surface area contributed by atoms with Crippen molar-refractivity contribution >= 4 is 29.9 Å². The number of nitrogens with zero attached hydrogens (tertiary/aromatic N) is 3. The van der Waals surface area contributed by atoms with Gasteiger partial charge in [-0.15, -0.1) is 24.0 Å². The van der Waals surface area contributed by atoms with Gasteiger partial charge < -0.3 is 19.9 Å². The fourth-order valence-corrected chi connectivity index (χ4v) is 5.04. The average Bonchev–Trinajstić information content (AvgIpc) is 3.42. The van der Waals surface area contributed by atoms with E-state index < -0.39 is 0 Å². The predicted octanol–water partition coefficient (Wildman–Crippen LogP) is 3.95. The third-order valence-corrected chi connectivity index (χ3v) is 6.63. The first-order chi connectivity index (χ1) is 14.2. The quantitative estimate of drug-likeness (QED) is 0.328. The van der Waals surface area contributed by atoms with Gasteiger partial charge in [0, 0.05) is 44.0 Å². The Bertz CT molecular complexity index is 816. The van der Waals surface area contributed by atoms with Crippen LogP contribution >= 0.6 is 24.0 Å². The normalized spacial score (nSPS) is 22.4. The van der Waals surface area contributed by atoms with E-state index in [0.717, 1.165) is 31.4 Å². The highest BCUT2D eigenvalue weighted by atomic mass is 127. The molecule has 2 atom stereocenters. The highest BCUT2D eigenvalue weighted by Gasteiger charge is 2.56. The summed E-state index contributed by atoms with van der Waals surface area (Å²) >= 11 is 0. The molecule has 0 amide bonds. The van der Waals surface area contributed by atoms with Crippen molar-refractivity contribution in [3.8, 4) is 0 Å². The maximum absolute atomic E-state index is 6.04. The van der Waals surface area contributed by atoms with E-state index in [9.17, 15) is 0 Å². The molecule has 0 saturated heterocycles. The average molecular weight is 523 g/mol. The van der Waals surface area contributed by atoms with Crippen LogP contribution in [-0.4, -0.2) is 41.3 Å². The summed E-state index contributed by atoms with van der Waals surface area (Å²) in [5.41, 5.74) is 1.56. The van der Waals surface area contributed by atoms with Crippen LogP contribution in [0.5, 0.6) is 0 Å². The summed E-state index contributed by atoms with van der Waals surface area (Å²) in [7, 11) is 1.84. The van der Waals surface area contributed by atoms with Crippen LogP contribution in [0, 0.1) is 5.41 Å². The highest BCUT2D eigenvalue weighted by Crippen LogP contribution is 2.54. The molecule has 6 nitrogen and oxygen atoms in total. The Morgan fingerprint density at radius 3 is 2.73 bits per heavy atom. The lowest BCUT2D eigenvalue weighted by atomic mass is 9.60. The number of aliphatic imine (C=N–C) groups is 1. The van der Waals surface area contributed by atoms with E-state index in [2.05, 4.69) is 56.4 Å². The predicted molar refractivity (Wildman–Crippen MR) is 131 cm³/mol. The Morgan fingerprint density at radius 1 is 1.27 bits per heavy atom. The van der Waals surface area contributed by atoms with Crippen molar-refractivity contribution < 1.29 is 4.74 Å². The van der Waals surface area contributed by atoms with Crippen LogP contribution in [0.2, 0.25) is 0 Å². The maximum Gasteiger partial charge on any atom is 0.191 e. The molecule has 2 aliphatic carbocycles. The number of guanidine groups is 1. The second-order valence-electron chi connectivity index (χ2n) is 8.20. The second-order valence-corrected chi connectivity index (χ2v) is 8.20. The van der Waals surface area contributed by atoms with E-state index in [1.165, 1.54) is 31.2 Å². The van der Waals surface area contributed by atoms with Gasteiger partial charge in [-0.2, -0.15) is 0 Å². The molecule has 2 unspecified atom stereocenters. The molecule has 0 bridgehead atoms. The summed E-state index contributed by atoms with van der Waals surface area (Å²) in [5.74, 6) is 1.86. The molecular formula is C23H34IN5O. The number of ether oxygens (including phenoxy) is 1. The lowest BCUT2D eigenvalue weighted by Crippen LogP contribution is -2.65. The number of hydrogen-bond acceptors (Lipinski definition) is 3. The van der Waals surface area contributed by atoms with Gasteiger partial charge in [0.25, 0.3) is 0 Å². The first-order valence-electron chi connectivity index (χ1n) is 10.9. The SMILES string of the molecule is CCOC1CC(NC(=NC)NCc2nccn2Cc2ccccc2)C12CCCC2.I. The maximum atomic E-state index is 6.04. The Balaban J connectivity index is 0.00000256. The number of nitrogens with one attached hydrogen (secondary N) is 2. The zero-order chi connectivity index (χ0) is 20.1. The number of halogens is 1. The van der Waals surface area contributed by atoms with Gasteiger partial charge in [-0.05, 0) is 31.7 Å². The highest BCUT2D eigenvalue weighted by molar-refractivity contribution is 14.0. The molecule has 30 heavy (non-hydrogen) atoms. The van der Waals surface area contributed by atoms with E-state index in [4.69, 9.17) is 4.74 Å². The van der Waals surface area contributed by atoms with Crippen LogP contribution in [0.15, 0.2) is 47.7 Å². The largest absolute Gasteiger partial charge is 0.378 e. The van der Waals surface area contributed by atoms with Crippen LogP contribution in [0.4, 0.5) is 0 Å². The minimum atomic E-state index is 0. The molecule has 1 spiro atoms. The van der Waals surface area contributed by atoms with Crippen LogP contribution in [-0.2, 0) is 17.8 Å². The number of imidazole rings is 1. The molecule has 2 aliphatic rings. The van der Waals surface area contributed by atoms with Gasteiger partial charge in [-0.25, -0.2) is 4.98 Å². The van der Waals surface area contributed by atoms with Gasteiger partial charge in [0.05, 0.1) is 12.6 Å². The summed E-state index contributed by atoms with van der Waals surface area (Å²) in [6, 6.07) is 10.9. The lowest BCUT2D eigenvalue weighted by molar-refractivity contribution is -0.125. The number of benzene rings is 1. The van der Waals surface area contributed by atoms with E-state index in [1.807, 2.05) is 25.5 Å². The third kappa shape index (κ3) is 4.82. The molecule has 4 rings (SSSR count). The summed E-state index contributed by atoms with van der Waals surface area (Å²) in [6.07, 6.45) is 10.5. The van der Waals surface area contributed by atoms with E-state index >= 15 is 0 Å². The van der Waals surface area contributed by atoms with Crippen molar-refractivity contribution in [2.24, 2.45) is 10.4 Å². The summed E-state index contributed by atoms with van der Waals surface area (Å²) < 4.78 is 8.22. The van der Waals surface area contributed by atoms with Crippen molar-refractivity contribution in [3.63, 3.8) is 0 Å². The molecule has 1 aromatic heterocycles. The molecule has 2 fully saturated rings. The fourth-order valence-electron chi connectivity index (χ4n) is 5.04. The van der Waals surface area contributed by atoms with Gasteiger partial charge in [0.15, 0.2) is 5.96 Å². The first-order valence-corrected chi connectivity index (χ1v) is 10.9. The Kier molecular flexibility index (Phi) is 8.16. The van der Waals surface area contributed by atoms with Crippen molar-refractivity contribution in [2.75, 3.05) is 13.7 Å². The minimum Gasteiger partial charge on any atom is -0.378 e. The summed E-state index contributed by atoms with van der Waals surface area (Å²) in [6.45, 7) is 4.37. The first kappa shape index (κ1) is 23.1. The van der Waals surface area contributed by atoms with Crippen molar-refractivity contribution in [1.82, 2.24) is 20.2 Å². The number of hydrogen-bond donors (Lipinski definition) is 2. The summed E-state index contributed by atoms with van der Waals surface area (Å²) in [4.78, 5) is 9.00.